The Balaban J connectivity index is 3.38. The van der Waals surface area contributed by atoms with Crippen molar-refractivity contribution in [2.75, 3.05) is 0 Å². The maximum atomic E-state index is 11.6. The molecule has 0 aliphatic heterocycles. The molecular weight excluding hydrogens is 200 g/mol. The van der Waals surface area contributed by atoms with Crippen molar-refractivity contribution in [1.29, 1.82) is 0 Å². The van der Waals surface area contributed by atoms with Gasteiger partial charge in [0, 0.05) is 12.3 Å². The lowest BCUT2D eigenvalue weighted by Crippen LogP contribution is -2.27. The van der Waals surface area contributed by atoms with Crippen LogP contribution < -0.4 is 0 Å². The summed E-state index contributed by atoms with van der Waals surface area (Å²) in [5, 5.41) is 4.57. The third kappa shape index (κ3) is 2.52. The summed E-state index contributed by atoms with van der Waals surface area (Å²) in [6.07, 6.45) is 0. The van der Waals surface area contributed by atoms with Gasteiger partial charge in [-0.1, -0.05) is 20.8 Å². The number of hydrogen-bond donors (Lipinski definition) is 0. The van der Waals surface area contributed by atoms with Gasteiger partial charge in [0.25, 0.3) is 0 Å². The Morgan fingerprint density at radius 3 is 1.94 bits per heavy atom. The predicted molar refractivity (Wildman–Crippen MR) is 65.9 cm³/mol. The molecule has 3 heteroatoms. The number of Topliss-reactive ketones (excluding diaryl/α,β-unsaturated/α-hetero) is 1. The maximum absolute atomic E-state index is 11.6. The molecule has 1 aromatic rings. The van der Waals surface area contributed by atoms with Gasteiger partial charge in [-0.25, -0.2) is 0 Å². The highest BCUT2D eigenvalue weighted by Gasteiger charge is 2.26. The SMILES string of the molecule is CC(=O)c1cc(C(C)(C)C)nn1C(C)(C)C. The van der Waals surface area contributed by atoms with Gasteiger partial charge in [0.15, 0.2) is 5.78 Å². The topological polar surface area (TPSA) is 34.9 Å². The van der Waals surface area contributed by atoms with Gasteiger partial charge in [-0.3, -0.25) is 9.48 Å². The molecule has 0 aromatic carbocycles. The van der Waals surface area contributed by atoms with Crippen LogP contribution in [0.4, 0.5) is 0 Å². The molecule has 0 aliphatic rings. The molecular formula is C13H22N2O. The summed E-state index contributed by atoms with van der Waals surface area (Å²) in [6.45, 7) is 14.1. The molecule has 0 saturated heterocycles. The minimum atomic E-state index is -0.162. The Bertz CT molecular complexity index is 403. The van der Waals surface area contributed by atoms with E-state index in [0.29, 0.717) is 5.69 Å². The molecule has 16 heavy (non-hydrogen) atoms. The van der Waals surface area contributed by atoms with Crippen LogP contribution in [-0.4, -0.2) is 15.6 Å². The highest BCUT2D eigenvalue weighted by molar-refractivity contribution is 5.92. The van der Waals surface area contributed by atoms with Crippen LogP contribution in [0.5, 0.6) is 0 Å². The quantitative estimate of drug-likeness (QED) is 0.684. The van der Waals surface area contributed by atoms with E-state index < -0.39 is 0 Å². The largest absolute Gasteiger partial charge is 0.293 e. The van der Waals surface area contributed by atoms with E-state index in [2.05, 4.69) is 46.6 Å². The highest BCUT2D eigenvalue weighted by Crippen LogP contribution is 2.25. The summed E-state index contributed by atoms with van der Waals surface area (Å²) in [4.78, 5) is 11.6. The maximum Gasteiger partial charge on any atom is 0.177 e. The van der Waals surface area contributed by atoms with E-state index in [1.165, 1.54) is 0 Å². The predicted octanol–water partition coefficient (Wildman–Crippen LogP) is 3.14. The van der Waals surface area contributed by atoms with E-state index >= 15 is 0 Å². The van der Waals surface area contributed by atoms with Crippen LogP contribution in [0.1, 0.15) is 64.6 Å². The Hall–Kier alpha value is -1.12. The zero-order valence-corrected chi connectivity index (χ0v) is 11.4. The standard InChI is InChI=1S/C13H22N2O/c1-9(16)10-8-11(12(2,3)4)14-15(10)13(5,6)7/h8H,1-7H3. The van der Waals surface area contributed by atoms with E-state index in [-0.39, 0.29) is 16.7 Å². The van der Waals surface area contributed by atoms with Crippen molar-refractivity contribution in [3.05, 3.63) is 17.5 Å². The van der Waals surface area contributed by atoms with Crippen molar-refractivity contribution < 1.29 is 4.79 Å². The lowest BCUT2D eigenvalue weighted by Gasteiger charge is -2.22. The number of nitrogens with zero attached hydrogens (tertiary/aromatic N) is 2. The molecule has 0 aliphatic carbocycles. The second-order valence-corrected chi connectivity index (χ2v) is 6.30. The molecule has 3 nitrogen and oxygen atoms in total. The molecule has 1 heterocycles. The van der Waals surface area contributed by atoms with E-state index in [4.69, 9.17) is 0 Å². The molecule has 0 amide bonds. The lowest BCUT2D eigenvalue weighted by atomic mass is 9.92. The number of ketones is 1. The summed E-state index contributed by atoms with van der Waals surface area (Å²) in [7, 11) is 0. The number of carbonyl (C=O) groups is 1. The molecule has 90 valence electrons. The van der Waals surface area contributed by atoms with Crippen LogP contribution in [0.15, 0.2) is 6.07 Å². The number of rotatable bonds is 1. The smallest absolute Gasteiger partial charge is 0.177 e. The Morgan fingerprint density at radius 1 is 1.19 bits per heavy atom. The van der Waals surface area contributed by atoms with Gasteiger partial charge in [-0.15, -0.1) is 0 Å². The van der Waals surface area contributed by atoms with Crippen LogP contribution in [0.25, 0.3) is 0 Å². The third-order valence-corrected chi connectivity index (χ3v) is 2.47. The first-order chi connectivity index (χ1) is 7.03. The fourth-order valence-electron chi connectivity index (χ4n) is 1.51. The van der Waals surface area contributed by atoms with Crippen LogP contribution in [0.2, 0.25) is 0 Å². The molecule has 1 aromatic heterocycles. The third-order valence-electron chi connectivity index (χ3n) is 2.47. The van der Waals surface area contributed by atoms with Gasteiger partial charge < -0.3 is 0 Å². The van der Waals surface area contributed by atoms with E-state index in [0.717, 1.165) is 5.69 Å². The molecule has 0 saturated carbocycles. The van der Waals surface area contributed by atoms with Crippen molar-refractivity contribution in [2.45, 2.75) is 59.4 Å². The fourth-order valence-corrected chi connectivity index (χ4v) is 1.51. The molecule has 0 N–H and O–H groups in total. The minimum Gasteiger partial charge on any atom is -0.293 e. The first-order valence-corrected chi connectivity index (χ1v) is 5.65. The molecule has 0 unspecified atom stereocenters. The van der Waals surface area contributed by atoms with Gasteiger partial charge in [-0.2, -0.15) is 5.10 Å². The van der Waals surface area contributed by atoms with Gasteiger partial charge in [0.2, 0.25) is 0 Å². The minimum absolute atomic E-state index is 0.0271. The monoisotopic (exact) mass is 222 g/mol. The van der Waals surface area contributed by atoms with Gasteiger partial charge >= 0.3 is 0 Å². The first kappa shape index (κ1) is 12.9. The summed E-state index contributed by atoms with van der Waals surface area (Å²) in [5.41, 5.74) is 1.47. The van der Waals surface area contributed by atoms with Gasteiger partial charge in [-0.05, 0) is 26.8 Å². The van der Waals surface area contributed by atoms with Gasteiger partial charge in [0.1, 0.15) is 5.69 Å². The van der Waals surface area contributed by atoms with Crippen LogP contribution in [0, 0.1) is 0 Å². The Labute approximate surface area is 97.8 Å². The lowest BCUT2D eigenvalue weighted by molar-refractivity contribution is 0.0995. The summed E-state index contributed by atoms with van der Waals surface area (Å²) in [5.74, 6) is 0.0675. The van der Waals surface area contributed by atoms with E-state index in [1.54, 1.807) is 6.92 Å². The Morgan fingerprint density at radius 2 is 1.69 bits per heavy atom. The van der Waals surface area contributed by atoms with Crippen LogP contribution in [0.3, 0.4) is 0 Å². The second kappa shape index (κ2) is 3.72. The molecule has 0 radical (unpaired) electrons. The molecule has 0 atom stereocenters. The van der Waals surface area contributed by atoms with Crippen molar-refractivity contribution in [3.8, 4) is 0 Å². The number of carbonyl (C=O) groups excluding carboxylic acids is 1. The van der Waals surface area contributed by atoms with Crippen molar-refractivity contribution in [3.63, 3.8) is 0 Å². The molecule has 0 bridgehead atoms. The molecule has 1 rings (SSSR count). The van der Waals surface area contributed by atoms with E-state index in [1.807, 2.05) is 10.7 Å². The Kier molecular flexibility index (Phi) is 3.01. The van der Waals surface area contributed by atoms with Crippen molar-refractivity contribution >= 4 is 5.78 Å². The van der Waals surface area contributed by atoms with Crippen LogP contribution >= 0.6 is 0 Å². The number of aromatic nitrogens is 2. The highest BCUT2D eigenvalue weighted by atomic mass is 16.1. The molecule has 0 fully saturated rings. The van der Waals surface area contributed by atoms with E-state index in [9.17, 15) is 4.79 Å². The number of hydrogen-bond acceptors (Lipinski definition) is 2. The summed E-state index contributed by atoms with van der Waals surface area (Å²) >= 11 is 0. The first-order valence-electron chi connectivity index (χ1n) is 5.65. The summed E-state index contributed by atoms with van der Waals surface area (Å²) < 4.78 is 1.83. The zero-order chi connectivity index (χ0) is 12.7. The average Bonchev–Trinajstić information content (AvgIpc) is 2.44. The normalized spacial score (nSPS) is 12.9. The zero-order valence-electron chi connectivity index (χ0n) is 11.4. The second-order valence-electron chi connectivity index (χ2n) is 6.30. The van der Waals surface area contributed by atoms with Gasteiger partial charge in [0.05, 0.1) is 11.2 Å². The van der Waals surface area contributed by atoms with Crippen LogP contribution in [-0.2, 0) is 11.0 Å². The summed E-state index contributed by atoms with van der Waals surface area (Å²) in [6, 6.07) is 1.91. The fraction of sp³-hybridized carbons (Fsp3) is 0.692. The van der Waals surface area contributed by atoms with Crippen molar-refractivity contribution in [2.24, 2.45) is 0 Å². The molecule has 0 spiro atoms. The average molecular weight is 222 g/mol. The van der Waals surface area contributed by atoms with Crippen molar-refractivity contribution in [1.82, 2.24) is 9.78 Å².